The topological polar surface area (TPSA) is 59.4 Å². The molecule has 1 saturated heterocycles. The zero-order chi connectivity index (χ0) is 18.4. The standard InChI is InChI=1S/C21H24N4O/c1-17-6-4-8-19(14-17)23-21(26)16-24-10-5-11-25(13-12-24)20-9-3-2-7-18(20)15-22/h2-4,6-9,14H,5,10-13,16H2,1H3,(H,23,26). The van der Waals surface area contributed by atoms with Crippen molar-refractivity contribution in [3.8, 4) is 6.07 Å². The molecule has 5 nitrogen and oxygen atoms in total. The maximum absolute atomic E-state index is 12.3. The van der Waals surface area contributed by atoms with Crippen LogP contribution in [-0.4, -0.2) is 43.5 Å². The van der Waals surface area contributed by atoms with Crippen LogP contribution in [0.1, 0.15) is 17.5 Å². The molecule has 2 aromatic carbocycles. The number of hydrogen-bond donors (Lipinski definition) is 1. The zero-order valence-electron chi connectivity index (χ0n) is 15.1. The Morgan fingerprint density at radius 2 is 1.96 bits per heavy atom. The van der Waals surface area contributed by atoms with Crippen molar-refractivity contribution in [2.24, 2.45) is 0 Å². The molecule has 0 aromatic heterocycles. The fraction of sp³-hybridized carbons (Fsp3) is 0.333. The molecular formula is C21H24N4O. The van der Waals surface area contributed by atoms with Gasteiger partial charge in [-0.25, -0.2) is 0 Å². The van der Waals surface area contributed by atoms with Crippen molar-refractivity contribution in [2.75, 3.05) is 42.9 Å². The quantitative estimate of drug-likeness (QED) is 0.923. The first-order valence-electron chi connectivity index (χ1n) is 8.98. The van der Waals surface area contributed by atoms with Gasteiger partial charge in [0.25, 0.3) is 0 Å². The molecule has 0 unspecified atom stereocenters. The number of amides is 1. The molecule has 3 rings (SSSR count). The smallest absolute Gasteiger partial charge is 0.238 e. The third-order valence-corrected chi connectivity index (χ3v) is 4.62. The lowest BCUT2D eigenvalue weighted by Crippen LogP contribution is -2.36. The summed E-state index contributed by atoms with van der Waals surface area (Å²) in [7, 11) is 0. The van der Waals surface area contributed by atoms with E-state index in [1.165, 1.54) is 0 Å². The number of benzene rings is 2. The second kappa shape index (κ2) is 8.50. The van der Waals surface area contributed by atoms with Gasteiger partial charge < -0.3 is 10.2 Å². The molecule has 0 aliphatic carbocycles. The molecule has 1 aliphatic rings. The summed E-state index contributed by atoms with van der Waals surface area (Å²) < 4.78 is 0. The molecule has 1 aliphatic heterocycles. The molecule has 26 heavy (non-hydrogen) atoms. The Kier molecular flexibility index (Phi) is 5.88. The van der Waals surface area contributed by atoms with Crippen molar-refractivity contribution >= 4 is 17.3 Å². The van der Waals surface area contributed by atoms with Gasteiger partial charge in [0, 0.05) is 31.9 Å². The van der Waals surface area contributed by atoms with Gasteiger partial charge >= 0.3 is 0 Å². The van der Waals surface area contributed by atoms with Crippen molar-refractivity contribution in [3.05, 3.63) is 59.7 Å². The molecule has 0 spiro atoms. The van der Waals surface area contributed by atoms with E-state index in [0.717, 1.165) is 49.5 Å². The number of hydrogen-bond acceptors (Lipinski definition) is 4. The number of nitrogens with one attached hydrogen (secondary N) is 1. The summed E-state index contributed by atoms with van der Waals surface area (Å²) in [5, 5.41) is 12.3. The SMILES string of the molecule is Cc1cccc(NC(=O)CN2CCCN(c3ccccc3C#N)CC2)c1. The molecule has 0 bridgehead atoms. The number of carbonyl (C=O) groups excluding carboxylic acids is 1. The van der Waals surface area contributed by atoms with E-state index in [1.54, 1.807) is 0 Å². The summed E-state index contributed by atoms with van der Waals surface area (Å²) in [5.74, 6) is 0.0153. The lowest BCUT2D eigenvalue weighted by molar-refractivity contribution is -0.117. The first-order valence-corrected chi connectivity index (χ1v) is 8.98. The van der Waals surface area contributed by atoms with Gasteiger partial charge in [-0.2, -0.15) is 5.26 Å². The average Bonchev–Trinajstić information content (AvgIpc) is 2.87. The summed E-state index contributed by atoms with van der Waals surface area (Å²) in [6, 6.07) is 17.8. The summed E-state index contributed by atoms with van der Waals surface area (Å²) in [6.07, 6.45) is 0.970. The molecule has 0 saturated carbocycles. The van der Waals surface area contributed by atoms with Crippen molar-refractivity contribution in [2.45, 2.75) is 13.3 Å². The van der Waals surface area contributed by atoms with Crippen LogP contribution < -0.4 is 10.2 Å². The molecule has 0 atom stereocenters. The fourth-order valence-electron chi connectivity index (χ4n) is 3.34. The van der Waals surface area contributed by atoms with Crippen LogP contribution in [0.3, 0.4) is 0 Å². The Balaban J connectivity index is 1.57. The Hall–Kier alpha value is -2.84. The van der Waals surface area contributed by atoms with Gasteiger partial charge in [-0.15, -0.1) is 0 Å². The van der Waals surface area contributed by atoms with Crippen LogP contribution in [-0.2, 0) is 4.79 Å². The minimum absolute atomic E-state index is 0.0153. The van der Waals surface area contributed by atoms with E-state index in [-0.39, 0.29) is 5.91 Å². The van der Waals surface area contributed by atoms with Crippen LogP contribution in [0.15, 0.2) is 48.5 Å². The fourth-order valence-corrected chi connectivity index (χ4v) is 3.34. The van der Waals surface area contributed by atoms with Crippen LogP contribution in [0.25, 0.3) is 0 Å². The molecule has 1 amide bonds. The van der Waals surface area contributed by atoms with Gasteiger partial charge in [-0.05, 0) is 43.2 Å². The minimum atomic E-state index is 0.0153. The summed E-state index contributed by atoms with van der Waals surface area (Å²) in [4.78, 5) is 16.8. The van der Waals surface area contributed by atoms with Gasteiger partial charge in [0.2, 0.25) is 5.91 Å². The van der Waals surface area contributed by atoms with Crippen molar-refractivity contribution in [1.82, 2.24) is 4.90 Å². The van der Waals surface area contributed by atoms with Crippen LogP contribution >= 0.6 is 0 Å². The van der Waals surface area contributed by atoms with Gasteiger partial charge in [-0.3, -0.25) is 9.69 Å². The first kappa shape index (κ1) is 18.0. The number of carbonyl (C=O) groups is 1. The van der Waals surface area contributed by atoms with E-state index in [4.69, 9.17) is 0 Å². The average molecular weight is 348 g/mol. The second-order valence-corrected chi connectivity index (χ2v) is 6.66. The second-order valence-electron chi connectivity index (χ2n) is 6.66. The van der Waals surface area contributed by atoms with Crippen molar-refractivity contribution < 1.29 is 4.79 Å². The third kappa shape index (κ3) is 4.62. The zero-order valence-corrected chi connectivity index (χ0v) is 15.1. The first-order chi connectivity index (χ1) is 12.7. The summed E-state index contributed by atoms with van der Waals surface area (Å²) >= 11 is 0. The Morgan fingerprint density at radius 3 is 2.77 bits per heavy atom. The normalized spacial score (nSPS) is 15.2. The Bertz CT molecular complexity index is 812. The summed E-state index contributed by atoms with van der Waals surface area (Å²) in [5.41, 5.74) is 3.66. The molecule has 5 heteroatoms. The lowest BCUT2D eigenvalue weighted by atomic mass is 10.1. The van der Waals surface area contributed by atoms with E-state index in [1.807, 2.05) is 55.5 Å². The van der Waals surface area contributed by atoms with Crippen LogP contribution in [0.4, 0.5) is 11.4 Å². The minimum Gasteiger partial charge on any atom is -0.369 e. The van der Waals surface area contributed by atoms with Gasteiger partial charge in [-0.1, -0.05) is 24.3 Å². The van der Waals surface area contributed by atoms with Crippen LogP contribution in [0.2, 0.25) is 0 Å². The predicted molar refractivity (Wildman–Crippen MR) is 104 cm³/mol. The number of anilines is 2. The van der Waals surface area contributed by atoms with E-state index >= 15 is 0 Å². The highest BCUT2D eigenvalue weighted by Crippen LogP contribution is 2.21. The Morgan fingerprint density at radius 1 is 1.12 bits per heavy atom. The largest absolute Gasteiger partial charge is 0.369 e. The number of rotatable bonds is 4. The highest BCUT2D eigenvalue weighted by atomic mass is 16.2. The van der Waals surface area contributed by atoms with Crippen molar-refractivity contribution in [3.63, 3.8) is 0 Å². The van der Waals surface area contributed by atoms with E-state index in [0.29, 0.717) is 12.1 Å². The van der Waals surface area contributed by atoms with E-state index < -0.39 is 0 Å². The molecule has 134 valence electrons. The summed E-state index contributed by atoms with van der Waals surface area (Å²) in [6.45, 7) is 5.80. The highest BCUT2D eigenvalue weighted by molar-refractivity contribution is 5.92. The van der Waals surface area contributed by atoms with Gasteiger partial charge in [0.05, 0.1) is 17.8 Å². The van der Waals surface area contributed by atoms with Gasteiger partial charge in [0.15, 0.2) is 0 Å². The predicted octanol–water partition coefficient (Wildman–Crippen LogP) is 3.02. The Labute approximate surface area is 154 Å². The van der Waals surface area contributed by atoms with Gasteiger partial charge in [0.1, 0.15) is 6.07 Å². The number of nitrogens with zero attached hydrogens (tertiary/aromatic N) is 3. The molecule has 2 aromatic rings. The van der Waals surface area contributed by atoms with Crippen LogP contribution in [0, 0.1) is 18.3 Å². The molecular weight excluding hydrogens is 324 g/mol. The van der Waals surface area contributed by atoms with Crippen LogP contribution in [0.5, 0.6) is 0 Å². The third-order valence-electron chi connectivity index (χ3n) is 4.62. The maximum Gasteiger partial charge on any atom is 0.238 e. The molecule has 0 radical (unpaired) electrons. The maximum atomic E-state index is 12.3. The monoisotopic (exact) mass is 348 g/mol. The highest BCUT2D eigenvalue weighted by Gasteiger charge is 2.19. The molecule has 1 heterocycles. The molecule has 1 N–H and O–H groups in total. The molecule has 1 fully saturated rings. The number of nitriles is 1. The van der Waals surface area contributed by atoms with E-state index in [9.17, 15) is 10.1 Å². The number of aryl methyl sites for hydroxylation is 1. The lowest BCUT2D eigenvalue weighted by Gasteiger charge is -2.24. The van der Waals surface area contributed by atoms with E-state index in [2.05, 4.69) is 21.2 Å². The van der Waals surface area contributed by atoms with Crippen molar-refractivity contribution in [1.29, 1.82) is 5.26 Å². The number of para-hydroxylation sites is 1.